The van der Waals surface area contributed by atoms with Crippen LogP contribution in [0.2, 0.25) is 0 Å². The number of hydrogen-bond acceptors (Lipinski definition) is 7. The molecular weight excluding hydrogens is 314 g/mol. The fraction of sp³-hybridized carbons (Fsp3) is 0.333. The second kappa shape index (κ2) is 6.82. The average Bonchev–Trinajstić information content (AvgIpc) is 3.24. The Bertz CT molecular complexity index is 786. The lowest BCUT2D eigenvalue weighted by Gasteiger charge is -2.09. The number of aromatic nitrogens is 5. The Balaban J connectivity index is 1.83. The Morgan fingerprint density at radius 1 is 1.39 bits per heavy atom. The molecule has 0 bridgehead atoms. The standard InChI is InChI=1S/C15H17N5O2S/c1-4-13-17-14(22-19-13)10(2)23-15-18-16-9-20(15)11-6-5-7-12(8-11)21-3/h5-10H,4H2,1-3H3/t10-/m1/s1. The molecule has 2 aromatic heterocycles. The Kier molecular flexibility index (Phi) is 4.61. The van der Waals surface area contributed by atoms with Gasteiger partial charge in [0.05, 0.1) is 18.0 Å². The van der Waals surface area contributed by atoms with Gasteiger partial charge in [-0.2, -0.15) is 4.98 Å². The van der Waals surface area contributed by atoms with Crippen molar-refractivity contribution in [2.75, 3.05) is 7.11 Å². The van der Waals surface area contributed by atoms with Crippen LogP contribution in [0.25, 0.3) is 5.69 Å². The summed E-state index contributed by atoms with van der Waals surface area (Å²) < 4.78 is 12.5. The highest BCUT2D eigenvalue weighted by Gasteiger charge is 2.19. The van der Waals surface area contributed by atoms with Crippen LogP contribution in [0, 0.1) is 0 Å². The van der Waals surface area contributed by atoms with Gasteiger partial charge >= 0.3 is 0 Å². The van der Waals surface area contributed by atoms with E-state index in [0.29, 0.717) is 11.7 Å². The van der Waals surface area contributed by atoms with E-state index < -0.39 is 0 Å². The summed E-state index contributed by atoms with van der Waals surface area (Å²) in [6.45, 7) is 3.99. The van der Waals surface area contributed by atoms with Gasteiger partial charge in [-0.1, -0.05) is 29.9 Å². The number of rotatable bonds is 6. The van der Waals surface area contributed by atoms with Gasteiger partial charge in [-0.05, 0) is 19.1 Å². The van der Waals surface area contributed by atoms with Gasteiger partial charge in [0.2, 0.25) is 5.89 Å². The minimum atomic E-state index is -0.0173. The summed E-state index contributed by atoms with van der Waals surface area (Å²) in [4.78, 5) is 4.36. The third kappa shape index (κ3) is 3.37. The average molecular weight is 331 g/mol. The summed E-state index contributed by atoms with van der Waals surface area (Å²) >= 11 is 1.51. The summed E-state index contributed by atoms with van der Waals surface area (Å²) in [7, 11) is 1.64. The Morgan fingerprint density at radius 3 is 3.00 bits per heavy atom. The second-order valence-electron chi connectivity index (χ2n) is 4.85. The van der Waals surface area contributed by atoms with Gasteiger partial charge in [-0.25, -0.2) is 0 Å². The second-order valence-corrected chi connectivity index (χ2v) is 6.16. The molecule has 0 aliphatic carbocycles. The Morgan fingerprint density at radius 2 is 2.26 bits per heavy atom. The van der Waals surface area contributed by atoms with E-state index in [4.69, 9.17) is 9.26 Å². The molecular formula is C15H17N5O2S. The first-order valence-corrected chi connectivity index (χ1v) is 8.12. The first-order valence-electron chi connectivity index (χ1n) is 7.24. The lowest BCUT2D eigenvalue weighted by molar-refractivity contribution is 0.375. The number of hydrogen-bond donors (Lipinski definition) is 0. The van der Waals surface area contributed by atoms with Gasteiger partial charge in [-0.15, -0.1) is 10.2 Å². The van der Waals surface area contributed by atoms with Crippen molar-refractivity contribution in [2.45, 2.75) is 30.7 Å². The quantitative estimate of drug-likeness (QED) is 0.642. The van der Waals surface area contributed by atoms with Crippen molar-refractivity contribution in [1.29, 1.82) is 0 Å². The van der Waals surface area contributed by atoms with Crippen molar-refractivity contribution >= 4 is 11.8 Å². The van der Waals surface area contributed by atoms with Crippen LogP contribution < -0.4 is 4.74 Å². The van der Waals surface area contributed by atoms with Crippen LogP contribution in [0.1, 0.15) is 30.8 Å². The molecule has 23 heavy (non-hydrogen) atoms. The highest BCUT2D eigenvalue weighted by molar-refractivity contribution is 7.99. The van der Waals surface area contributed by atoms with Crippen molar-refractivity contribution in [2.24, 2.45) is 0 Å². The molecule has 0 radical (unpaired) electrons. The number of methoxy groups -OCH3 is 1. The maximum Gasteiger partial charge on any atom is 0.239 e. The molecule has 3 aromatic rings. The molecule has 120 valence electrons. The van der Waals surface area contributed by atoms with E-state index in [2.05, 4.69) is 20.3 Å². The van der Waals surface area contributed by atoms with Crippen molar-refractivity contribution in [3.05, 3.63) is 42.3 Å². The molecule has 0 spiro atoms. The molecule has 0 saturated carbocycles. The largest absolute Gasteiger partial charge is 0.497 e. The Hall–Kier alpha value is -2.35. The minimum Gasteiger partial charge on any atom is -0.497 e. The fourth-order valence-electron chi connectivity index (χ4n) is 2.03. The van der Waals surface area contributed by atoms with Crippen LogP contribution in [-0.2, 0) is 6.42 Å². The molecule has 1 atom stereocenters. The van der Waals surface area contributed by atoms with Crippen molar-refractivity contribution in [3.63, 3.8) is 0 Å². The minimum absolute atomic E-state index is 0.0173. The monoisotopic (exact) mass is 331 g/mol. The molecule has 0 aliphatic heterocycles. The van der Waals surface area contributed by atoms with Crippen molar-refractivity contribution < 1.29 is 9.26 Å². The zero-order valence-electron chi connectivity index (χ0n) is 13.1. The van der Waals surface area contributed by atoms with E-state index in [1.165, 1.54) is 11.8 Å². The van der Waals surface area contributed by atoms with Gasteiger partial charge in [-0.3, -0.25) is 4.57 Å². The van der Waals surface area contributed by atoms with E-state index in [0.717, 1.165) is 23.0 Å². The molecule has 3 rings (SSSR count). The highest BCUT2D eigenvalue weighted by Crippen LogP contribution is 2.34. The summed E-state index contributed by atoms with van der Waals surface area (Å²) in [5, 5.41) is 12.9. The van der Waals surface area contributed by atoms with Crippen LogP contribution in [0.15, 0.2) is 40.3 Å². The number of aryl methyl sites for hydroxylation is 1. The molecule has 0 saturated heterocycles. The van der Waals surface area contributed by atoms with E-state index in [1.54, 1.807) is 13.4 Å². The molecule has 7 nitrogen and oxygen atoms in total. The van der Waals surface area contributed by atoms with Crippen molar-refractivity contribution in [3.8, 4) is 11.4 Å². The molecule has 1 aromatic carbocycles. The normalized spacial score (nSPS) is 12.3. The molecule has 0 N–H and O–H groups in total. The number of thioether (sulfide) groups is 1. The lowest BCUT2D eigenvalue weighted by Crippen LogP contribution is -1.98. The number of ether oxygens (including phenoxy) is 1. The maximum absolute atomic E-state index is 5.29. The summed E-state index contributed by atoms with van der Waals surface area (Å²) in [5.41, 5.74) is 0.934. The van der Waals surface area contributed by atoms with Gasteiger partial charge < -0.3 is 9.26 Å². The zero-order chi connectivity index (χ0) is 16.2. The SMILES string of the molecule is CCc1noc([C@@H](C)Sc2nncn2-c2cccc(OC)c2)n1. The predicted molar refractivity (Wildman–Crippen MR) is 85.9 cm³/mol. The topological polar surface area (TPSA) is 78.9 Å². The van der Waals surface area contributed by atoms with Gasteiger partial charge in [0.25, 0.3) is 0 Å². The molecule has 2 heterocycles. The Labute approximate surface area is 138 Å². The first-order chi connectivity index (χ1) is 11.2. The summed E-state index contributed by atoms with van der Waals surface area (Å²) in [6, 6.07) is 7.73. The smallest absolute Gasteiger partial charge is 0.239 e. The maximum atomic E-state index is 5.29. The van der Waals surface area contributed by atoms with Gasteiger partial charge in [0.1, 0.15) is 12.1 Å². The van der Waals surface area contributed by atoms with Gasteiger partial charge in [0.15, 0.2) is 11.0 Å². The van der Waals surface area contributed by atoms with E-state index in [1.807, 2.05) is 42.7 Å². The number of benzene rings is 1. The van der Waals surface area contributed by atoms with Crippen molar-refractivity contribution in [1.82, 2.24) is 24.9 Å². The lowest BCUT2D eigenvalue weighted by atomic mass is 10.3. The fourth-order valence-corrected chi connectivity index (χ4v) is 2.90. The third-order valence-corrected chi connectivity index (χ3v) is 4.32. The van der Waals surface area contributed by atoms with Crippen LogP contribution in [0.5, 0.6) is 5.75 Å². The van der Waals surface area contributed by atoms with E-state index in [-0.39, 0.29) is 5.25 Å². The van der Waals surface area contributed by atoms with Crippen LogP contribution in [0.4, 0.5) is 0 Å². The van der Waals surface area contributed by atoms with E-state index in [9.17, 15) is 0 Å². The summed E-state index contributed by atoms with van der Waals surface area (Å²) in [5.74, 6) is 2.08. The highest BCUT2D eigenvalue weighted by atomic mass is 32.2. The molecule has 8 heteroatoms. The summed E-state index contributed by atoms with van der Waals surface area (Å²) in [6.07, 6.45) is 2.43. The van der Waals surface area contributed by atoms with Crippen LogP contribution in [-0.4, -0.2) is 32.0 Å². The third-order valence-electron chi connectivity index (χ3n) is 3.28. The zero-order valence-corrected chi connectivity index (χ0v) is 13.9. The first kappa shape index (κ1) is 15.5. The molecule has 0 amide bonds. The molecule has 0 aliphatic rings. The van der Waals surface area contributed by atoms with Gasteiger partial charge in [0, 0.05) is 12.5 Å². The number of nitrogens with zero attached hydrogens (tertiary/aromatic N) is 5. The van der Waals surface area contributed by atoms with E-state index >= 15 is 0 Å². The molecule has 0 unspecified atom stereocenters. The molecule has 0 fully saturated rings. The van der Waals surface area contributed by atoms with Crippen LogP contribution >= 0.6 is 11.8 Å². The van der Waals surface area contributed by atoms with Crippen LogP contribution in [0.3, 0.4) is 0 Å². The predicted octanol–water partition coefficient (Wildman–Crippen LogP) is 3.07.